The number of thiazole rings is 1. The van der Waals surface area contributed by atoms with Gasteiger partial charge in [-0.15, -0.1) is 11.3 Å². The molecule has 5 heteroatoms. The molecule has 78 valence electrons. The largest absolute Gasteiger partial charge is 0.377 e. The van der Waals surface area contributed by atoms with Gasteiger partial charge in [0.15, 0.2) is 0 Å². The van der Waals surface area contributed by atoms with Crippen molar-refractivity contribution >= 4 is 40.2 Å². The molecule has 0 fully saturated rings. The number of benzene rings is 1. The first-order chi connectivity index (χ1) is 7.25. The van der Waals surface area contributed by atoms with E-state index in [1.807, 2.05) is 5.38 Å². The van der Waals surface area contributed by atoms with Gasteiger partial charge in [-0.1, -0.05) is 23.2 Å². The summed E-state index contributed by atoms with van der Waals surface area (Å²) in [4.78, 5) is 4.16. The van der Waals surface area contributed by atoms with Crippen LogP contribution in [0.1, 0.15) is 5.01 Å². The van der Waals surface area contributed by atoms with E-state index < -0.39 is 0 Å². The minimum absolute atomic E-state index is 0.663. The average molecular weight is 259 g/mol. The van der Waals surface area contributed by atoms with Crippen LogP contribution < -0.4 is 5.32 Å². The molecule has 0 bridgehead atoms. The highest BCUT2D eigenvalue weighted by Crippen LogP contribution is 2.25. The Bertz CT molecular complexity index is 443. The van der Waals surface area contributed by atoms with E-state index in [0.29, 0.717) is 16.6 Å². The summed E-state index contributed by atoms with van der Waals surface area (Å²) in [6.07, 6.45) is 1.78. The summed E-state index contributed by atoms with van der Waals surface area (Å²) in [6.45, 7) is 0.664. The second-order valence-electron chi connectivity index (χ2n) is 2.90. The summed E-state index contributed by atoms with van der Waals surface area (Å²) in [6, 6.07) is 5.34. The Morgan fingerprint density at radius 2 is 2.20 bits per heavy atom. The predicted octanol–water partition coefficient (Wildman–Crippen LogP) is 4.06. The summed E-state index contributed by atoms with van der Waals surface area (Å²) < 4.78 is 0. The van der Waals surface area contributed by atoms with Crippen LogP contribution in [0.3, 0.4) is 0 Å². The Labute approximate surface area is 102 Å². The molecule has 0 aliphatic heterocycles. The lowest BCUT2D eigenvalue weighted by Gasteiger charge is -2.06. The zero-order chi connectivity index (χ0) is 10.7. The standard InChI is InChI=1S/C10H8Cl2N2S/c11-7-1-2-8(12)9(5-7)14-6-10-13-3-4-15-10/h1-5,14H,6H2. The number of aromatic nitrogens is 1. The van der Waals surface area contributed by atoms with Crippen LogP contribution in [0.4, 0.5) is 5.69 Å². The number of anilines is 1. The Kier molecular flexibility index (Phi) is 3.46. The van der Waals surface area contributed by atoms with E-state index in [4.69, 9.17) is 23.2 Å². The summed E-state index contributed by atoms with van der Waals surface area (Å²) in [5.74, 6) is 0. The van der Waals surface area contributed by atoms with Crippen LogP contribution in [0, 0.1) is 0 Å². The third-order valence-corrected chi connectivity index (χ3v) is 3.19. The zero-order valence-corrected chi connectivity index (χ0v) is 10.0. The van der Waals surface area contributed by atoms with Gasteiger partial charge in [0, 0.05) is 16.6 Å². The van der Waals surface area contributed by atoms with Crippen molar-refractivity contribution < 1.29 is 0 Å². The van der Waals surface area contributed by atoms with Crippen molar-refractivity contribution in [2.45, 2.75) is 6.54 Å². The Balaban J connectivity index is 2.07. The number of hydrogen-bond acceptors (Lipinski definition) is 3. The van der Waals surface area contributed by atoms with Gasteiger partial charge in [-0.05, 0) is 18.2 Å². The van der Waals surface area contributed by atoms with Crippen LogP contribution in [-0.2, 0) is 6.54 Å². The van der Waals surface area contributed by atoms with Crippen molar-refractivity contribution in [3.63, 3.8) is 0 Å². The number of nitrogens with zero attached hydrogens (tertiary/aromatic N) is 1. The molecule has 1 aromatic heterocycles. The highest BCUT2D eigenvalue weighted by molar-refractivity contribution is 7.09. The molecular weight excluding hydrogens is 251 g/mol. The van der Waals surface area contributed by atoms with E-state index in [9.17, 15) is 0 Å². The fraction of sp³-hybridized carbons (Fsp3) is 0.100. The lowest BCUT2D eigenvalue weighted by Crippen LogP contribution is -1.99. The number of rotatable bonds is 3. The molecule has 1 heterocycles. The van der Waals surface area contributed by atoms with Crippen molar-refractivity contribution in [3.05, 3.63) is 44.8 Å². The molecule has 2 aromatic rings. The summed E-state index contributed by atoms with van der Waals surface area (Å²) in [5, 5.41) is 7.48. The van der Waals surface area contributed by atoms with Crippen LogP contribution >= 0.6 is 34.5 Å². The molecule has 2 nitrogen and oxygen atoms in total. The average Bonchev–Trinajstić information content (AvgIpc) is 2.72. The Morgan fingerprint density at radius 1 is 1.33 bits per heavy atom. The van der Waals surface area contributed by atoms with E-state index in [0.717, 1.165) is 10.7 Å². The van der Waals surface area contributed by atoms with E-state index in [2.05, 4.69) is 10.3 Å². The van der Waals surface area contributed by atoms with Crippen LogP contribution in [-0.4, -0.2) is 4.98 Å². The molecule has 0 amide bonds. The van der Waals surface area contributed by atoms with Gasteiger partial charge in [0.1, 0.15) is 5.01 Å². The maximum absolute atomic E-state index is 6.00. The van der Waals surface area contributed by atoms with Crippen molar-refractivity contribution in [1.29, 1.82) is 0 Å². The third kappa shape index (κ3) is 2.84. The third-order valence-electron chi connectivity index (χ3n) is 1.84. The fourth-order valence-corrected chi connectivity index (χ4v) is 2.06. The minimum atomic E-state index is 0.663. The van der Waals surface area contributed by atoms with Crippen molar-refractivity contribution in [1.82, 2.24) is 4.98 Å². The maximum Gasteiger partial charge on any atom is 0.112 e. The molecule has 0 saturated heterocycles. The van der Waals surface area contributed by atoms with Crippen LogP contribution in [0.25, 0.3) is 0 Å². The molecule has 1 aromatic carbocycles. The summed E-state index contributed by atoms with van der Waals surface area (Å²) in [7, 11) is 0. The van der Waals surface area contributed by atoms with Gasteiger partial charge in [-0.2, -0.15) is 0 Å². The smallest absolute Gasteiger partial charge is 0.112 e. The van der Waals surface area contributed by atoms with Crippen molar-refractivity contribution in [2.24, 2.45) is 0 Å². The van der Waals surface area contributed by atoms with E-state index in [-0.39, 0.29) is 0 Å². The number of hydrogen-bond donors (Lipinski definition) is 1. The second kappa shape index (κ2) is 4.84. The second-order valence-corrected chi connectivity index (χ2v) is 4.73. The van der Waals surface area contributed by atoms with Crippen molar-refractivity contribution in [3.8, 4) is 0 Å². The first kappa shape index (κ1) is 10.7. The van der Waals surface area contributed by atoms with Crippen LogP contribution in [0.5, 0.6) is 0 Å². The lowest BCUT2D eigenvalue weighted by atomic mass is 10.3. The molecule has 0 atom stereocenters. The van der Waals surface area contributed by atoms with E-state index in [1.165, 1.54) is 0 Å². The minimum Gasteiger partial charge on any atom is -0.377 e. The van der Waals surface area contributed by atoms with Gasteiger partial charge in [-0.3, -0.25) is 0 Å². The van der Waals surface area contributed by atoms with Gasteiger partial charge >= 0.3 is 0 Å². The normalized spacial score (nSPS) is 10.3. The van der Waals surface area contributed by atoms with Gasteiger partial charge < -0.3 is 5.32 Å². The first-order valence-electron chi connectivity index (χ1n) is 4.33. The monoisotopic (exact) mass is 258 g/mol. The number of halogens is 2. The summed E-state index contributed by atoms with van der Waals surface area (Å²) in [5.41, 5.74) is 0.833. The predicted molar refractivity (Wildman–Crippen MR) is 65.9 cm³/mol. The Hall–Kier alpha value is -0.770. The molecule has 0 aliphatic rings. The maximum atomic E-state index is 6.00. The summed E-state index contributed by atoms with van der Waals surface area (Å²) >= 11 is 13.5. The highest BCUT2D eigenvalue weighted by atomic mass is 35.5. The topological polar surface area (TPSA) is 24.9 Å². The first-order valence-corrected chi connectivity index (χ1v) is 5.96. The van der Waals surface area contributed by atoms with Gasteiger partial charge in [0.25, 0.3) is 0 Å². The quantitative estimate of drug-likeness (QED) is 0.898. The molecule has 0 spiro atoms. The van der Waals surface area contributed by atoms with Gasteiger partial charge in [0.2, 0.25) is 0 Å². The molecular formula is C10H8Cl2N2S. The zero-order valence-electron chi connectivity index (χ0n) is 7.71. The SMILES string of the molecule is Clc1ccc(Cl)c(NCc2nccs2)c1. The van der Waals surface area contributed by atoms with Crippen LogP contribution in [0.2, 0.25) is 10.0 Å². The fourth-order valence-electron chi connectivity index (χ4n) is 1.14. The highest BCUT2D eigenvalue weighted by Gasteiger charge is 2.01. The molecule has 2 rings (SSSR count). The Morgan fingerprint density at radius 3 is 2.93 bits per heavy atom. The molecule has 15 heavy (non-hydrogen) atoms. The molecule has 0 aliphatic carbocycles. The van der Waals surface area contributed by atoms with E-state index >= 15 is 0 Å². The molecule has 0 unspecified atom stereocenters. The molecule has 0 saturated carbocycles. The van der Waals surface area contributed by atoms with Gasteiger partial charge in [-0.25, -0.2) is 4.98 Å². The van der Waals surface area contributed by atoms with Crippen LogP contribution in [0.15, 0.2) is 29.8 Å². The van der Waals surface area contributed by atoms with E-state index in [1.54, 1.807) is 35.7 Å². The van der Waals surface area contributed by atoms with Crippen molar-refractivity contribution in [2.75, 3.05) is 5.32 Å². The lowest BCUT2D eigenvalue weighted by molar-refractivity contribution is 1.10. The van der Waals surface area contributed by atoms with Gasteiger partial charge in [0.05, 0.1) is 17.3 Å². The molecule has 1 N–H and O–H groups in total. The molecule has 0 radical (unpaired) electrons. The number of nitrogens with one attached hydrogen (secondary N) is 1.